The minimum Gasteiger partial charge on any atom is -0.389 e. The Morgan fingerprint density at radius 3 is 2.44 bits per heavy atom. The predicted octanol–water partition coefficient (Wildman–Crippen LogP) is 1.40. The minimum absolute atomic E-state index is 0.237. The van der Waals surface area contributed by atoms with Crippen molar-refractivity contribution in [2.75, 3.05) is 6.61 Å². The van der Waals surface area contributed by atoms with E-state index in [9.17, 15) is 5.11 Å². The van der Waals surface area contributed by atoms with E-state index in [1.807, 2.05) is 0 Å². The van der Waals surface area contributed by atoms with Gasteiger partial charge in [-0.15, -0.1) is 0 Å². The van der Waals surface area contributed by atoms with Gasteiger partial charge < -0.3 is 15.2 Å². The molecule has 3 nitrogen and oxygen atoms in total. The Hall–Kier alpha value is -0.120. The Balaban J connectivity index is 2.16. The summed E-state index contributed by atoms with van der Waals surface area (Å²) in [6.45, 7) is 9.55. The maximum Gasteiger partial charge on any atom is 0.0927 e. The molecule has 0 saturated carbocycles. The largest absolute Gasteiger partial charge is 0.389 e. The van der Waals surface area contributed by atoms with Crippen LogP contribution in [0.1, 0.15) is 34.1 Å². The van der Waals surface area contributed by atoms with Gasteiger partial charge in [0.25, 0.3) is 0 Å². The van der Waals surface area contributed by atoms with E-state index in [4.69, 9.17) is 4.74 Å². The Labute approximate surface area is 98.6 Å². The molecule has 2 aliphatic heterocycles. The molecule has 0 amide bonds. The number of nitrogens with one attached hydrogen (secondary N) is 1. The van der Waals surface area contributed by atoms with E-state index in [2.05, 4.69) is 33.0 Å². The molecule has 2 saturated heterocycles. The molecule has 2 rings (SSSR count). The number of rotatable bonds is 2. The molecular formula is C13H25NO2. The molecule has 0 aromatic carbocycles. The Morgan fingerprint density at radius 1 is 1.19 bits per heavy atom. The molecule has 16 heavy (non-hydrogen) atoms. The van der Waals surface area contributed by atoms with Crippen molar-refractivity contribution in [1.82, 2.24) is 5.32 Å². The van der Waals surface area contributed by atoms with Crippen molar-refractivity contribution in [1.29, 1.82) is 0 Å². The van der Waals surface area contributed by atoms with Gasteiger partial charge >= 0.3 is 0 Å². The summed E-state index contributed by atoms with van der Waals surface area (Å²) in [5, 5.41) is 13.5. The Kier molecular flexibility index (Phi) is 3.57. The topological polar surface area (TPSA) is 41.5 Å². The molecule has 0 aliphatic carbocycles. The number of fused-ring (bicyclic) bond motifs is 2. The van der Waals surface area contributed by atoms with Gasteiger partial charge in [0, 0.05) is 18.0 Å². The average Bonchev–Trinajstić information content (AvgIpc) is 2.22. The Bertz CT molecular complexity index is 242. The summed E-state index contributed by atoms with van der Waals surface area (Å²) in [5.41, 5.74) is 0. The van der Waals surface area contributed by atoms with Crippen molar-refractivity contribution < 1.29 is 9.84 Å². The fourth-order valence-electron chi connectivity index (χ4n) is 3.33. The maximum absolute atomic E-state index is 9.86. The van der Waals surface area contributed by atoms with Crippen LogP contribution in [0.2, 0.25) is 0 Å². The van der Waals surface area contributed by atoms with Crippen LogP contribution in [0.5, 0.6) is 0 Å². The van der Waals surface area contributed by atoms with Crippen molar-refractivity contribution in [3.63, 3.8) is 0 Å². The first kappa shape index (κ1) is 12.3. The lowest BCUT2D eigenvalue weighted by Gasteiger charge is -2.50. The highest BCUT2D eigenvalue weighted by molar-refractivity contribution is 4.99. The number of aliphatic hydroxyl groups is 1. The third-order valence-corrected chi connectivity index (χ3v) is 4.17. The molecule has 0 radical (unpaired) electrons. The lowest BCUT2D eigenvalue weighted by atomic mass is 9.72. The number of piperidine rings is 1. The van der Waals surface area contributed by atoms with Crippen LogP contribution in [-0.4, -0.2) is 36.0 Å². The first-order chi connectivity index (χ1) is 7.50. The lowest BCUT2D eigenvalue weighted by molar-refractivity contribution is -0.139. The molecule has 0 aromatic rings. The zero-order valence-corrected chi connectivity index (χ0v) is 10.8. The summed E-state index contributed by atoms with van der Waals surface area (Å²) < 4.78 is 5.83. The van der Waals surface area contributed by atoms with Gasteiger partial charge in [-0.25, -0.2) is 0 Å². The Morgan fingerprint density at radius 2 is 1.88 bits per heavy atom. The van der Waals surface area contributed by atoms with Gasteiger partial charge in [-0.3, -0.25) is 0 Å². The third kappa shape index (κ3) is 2.13. The summed E-state index contributed by atoms with van der Waals surface area (Å²) >= 11 is 0. The van der Waals surface area contributed by atoms with Gasteiger partial charge in [-0.1, -0.05) is 27.7 Å². The van der Waals surface area contributed by atoms with Crippen LogP contribution in [0.15, 0.2) is 0 Å². The van der Waals surface area contributed by atoms with E-state index < -0.39 is 0 Å². The smallest absolute Gasteiger partial charge is 0.0927 e. The summed E-state index contributed by atoms with van der Waals surface area (Å²) in [6.07, 6.45) is 0.973. The highest BCUT2D eigenvalue weighted by Gasteiger charge is 2.45. The second-order valence-electron chi connectivity index (χ2n) is 6.04. The van der Waals surface area contributed by atoms with Crippen molar-refractivity contribution in [2.45, 2.75) is 58.4 Å². The average molecular weight is 227 g/mol. The SMILES string of the molecule is CC(C)C1N[C@@H]2CC(OC[C@H]2O)C1C(C)C. The maximum atomic E-state index is 9.86. The van der Waals surface area contributed by atoms with E-state index in [1.165, 1.54) is 0 Å². The normalized spacial score (nSPS) is 44.1. The molecule has 5 atom stereocenters. The van der Waals surface area contributed by atoms with Crippen LogP contribution >= 0.6 is 0 Å². The predicted molar refractivity (Wildman–Crippen MR) is 64.2 cm³/mol. The van der Waals surface area contributed by atoms with E-state index in [0.717, 1.165) is 6.42 Å². The van der Waals surface area contributed by atoms with Gasteiger partial charge in [0.1, 0.15) is 0 Å². The van der Waals surface area contributed by atoms with Gasteiger partial charge in [-0.05, 0) is 18.3 Å². The van der Waals surface area contributed by atoms with Crippen molar-refractivity contribution in [3.05, 3.63) is 0 Å². The van der Waals surface area contributed by atoms with E-state index >= 15 is 0 Å². The molecular weight excluding hydrogens is 202 g/mol. The van der Waals surface area contributed by atoms with E-state index in [1.54, 1.807) is 0 Å². The first-order valence-electron chi connectivity index (χ1n) is 6.56. The van der Waals surface area contributed by atoms with Crippen molar-refractivity contribution in [3.8, 4) is 0 Å². The molecule has 2 aliphatic rings. The molecule has 2 bridgehead atoms. The molecule has 2 fully saturated rings. The second kappa shape index (κ2) is 4.63. The molecule has 0 aromatic heterocycles. The van der Waals surface area contributed by atoms with Crippen LogP contribution in [-0.2, 0) is 4.74 Å². The van der Waals surface area contributed by atoms with Crippen molar-refractivity contribution >= 4 is 0 Å². The second-order valence-corrected chi connectivity index (χ2v) is 6.04. The molecule has 0 spiro atoms. The van der Waals surface area contributed by atoms with Crippen LogP contribution < -0.4 is 5.32 Å². The zero-order valence-electron chi connectivity index (χ0n) is 10.8. The minimum atomic E-state index is -0.328. The molecule has 3 unspecified atom stereocenters. The van der Waals surface area contributed by atoms with Gasteiger partial charge in [0.2, 0.25) is 0 Å². The molecule has 94 valence electrons. The van der Waals surface area contributed by atoms with Crippen LogP contribution in [0.25, 0.3) is 0 Å². The van der Waals surface area contributed by atoms with Gasteiger partial charge in [-0.2, -0.15) is 0 Å². The zero-order chi connectivity index (χ0) is 11.9. The summed E-state index contributed by atoms with van der Waals surface area (Å²) in [6, 6.07) is 0.708. The summed E-state index contributed by atoms with van der Waals surface area (Å²) in [4.78, 5) is 0. The fourth-order valence-corrected chi connectivity index (χ4v) is 3.33. The number of hydrogen-bond donors (Lipinski definition) is 2. The highest BCUT2D eigenvalue weighted by Crippen LogP contribution is 2.36. The number of aliphatic hydroxyl groups excluding tert-OH is 1. The van der Waals surface area contributed by atoms with E-state index in [-0.39, 0.29) is 12.1 Å². The van der Waals surface area contributed by atoms with E-state index in [0.29, 0.717) is 36.5 Å². The van der Waals surface area contributed by atoms with Crippen LogP contribution in [0.3, 0.4) is 0 Å². The number of hydrogen-bond acceptors (Lipinski definition) is 3. The van der Waals surface area contributed by atoms with Crippen LogP contribution in [0.4, 0.5) is 0 Å². The summed E-state index contributed by atoms with van der Waals surface area (Å²) in [7, 11) is 0. The molecule has 3 heteroatoms. The monoisotopic (exact) mass is 227 g/mol. The highest BCUT2D eigenvalue weighted by atomic mass is 16.5. The first-order valence-corrected chi connectivity index (χ1v) is 6.56. The third-order valence-electron chi connectivity index (χ3n) is 4.17. The van der Waals surface area contributed by atoms with Gasteiger partial charge in [0.15, 0.2) is 0 Å². The standard InChI is InChI=1S/C13H25NO2/c1-7(2)12-11-5-9(10(15)6-16-11)14-13(12)8(3)4/h7-15H,5-6H2,1-4H3/t9-,10-,11?,12?,13?/m1/s1. The molecule has 2 N–H and O–H groups in total. The number of ether oxygens (including phenoxy) is 1. The lowest BCUT2D eigenvalue weighted by Crippen LogP contribution is -2.64. The van der Waals surface area contributed by atoms with Gasteiger partial charge in [0.05, 0.1) is 18.8 Å². The fraction of sp³-hybridized carbons (Fsp3) is 1.00. The quantitative estimate of drug-likeness (QED) is 0.749. The molecule has 2 heterocycles. The summed E-state index contributed by atoms with van der Waals surface area (Å²) in [5.74, 6) is 1.79. The van der Waals surface area contributed by atoms with Crippen molar-refractivity contribution in [2.24, 2.45) is 17.8 Å². The van der Waals surface area contributed by atoms with Crippen LogP contribution in [0, 0.1) is 17.8 Å².